The predicted molar refractivity (Wildman–Crippen MR) is 71.8 cm³/mol. The number of hydrogen-bond donors (Lipinski definition) is 2. The number of benzene rings is 1. The zero-order valence-corrected chi connectivity index (χ0v) is 11.0. The van der Waals surface area contributed by atoms with Gasteiger partial charge in [-0.25, -0.2) is 8.42 Å². The highest BCUT2D eigenvalue weighted by Gasteiger charge is 2.04. The van der Waals surface area contributed by atoms with Gasteiger partial charge in [-0.1, -0.05) is 0 Å². The Bertz CT molecular complexity index is 442. The van der Waals surface area contributed by atoms with E-state index in [9.17, 15) is 8.42 Å². The number of sulfonamides is 1. The highest BCUT2D eigenvalue weighted by Crippen LogP contribution is 2.18. The Balaban J connectivity index is 2.80. The Morgan fingerprint density at radius 3 is 2.29 bits per heavy atom. The zero-order valence-electron chi connectivity index (χ0n) is 10.2. The average Bonchev–Trinajstić information content (AvgIpc) is 2.25. The quantitative estimate of drug-likeness (QED) is 0.792. The molecule has 0 aliphatic rings. The molecule has 96 valence electrons. The van der Waals surface area contributed by atoms with Crippen LogP contribution in [0.25, 0.3) is 0 Å². The molecule has 0 amide bonds. The lowest BCUT2D eigenvalue weighted by Crippen LogP contribution is -2.28. The molecule has 0 fully saturated rings. The molecule has 3 N–H and O–H groups in total. The fourth-order valence-corrected chi connectivity index (χ4v) is 2.14. The van der Waals surface area contributed by atoms with Gasteiger partial charge < -0.3 is 10.6 Å². The minimum atomic E-state index is -3.21. The molecule has 1 aromatic rings. The number of nitrogens with two attached hydrogens (primary N) is 1. The number of hydrogen-bond acceptors (Lipinski definition) is 4. The molecule has 0 unspecified atom stereocenters. The van der Waals surface area contributed by atoms with Crippen LogP contribution < -0.4 is 15.4 Å². The molecule has 0 heterocycles. The molecule has 17 heavy (non-hydrogen) atoms. The molecule has 1 rings (SSSR count). The first-order chi connectivity index (χ1) is 7.96. The number of likely N-dealkylation sites (N-methyl/N-ethyl adjacent to an activating group) is 1. The second kappa shape index (κ2) is 5.88. The summed E-state index contributed by atoms with van der Waals surface area (Å²) >= 11 is 0. The molecule has 0 spiro atoms. The van der Waals surface area contributed by atoms with Gasteiger partial charge >= 0.3 is 0 Å². The van der Waals surface area contributed by atoms with Crippen LogP contribution in [0.3, 0.4) is 0 Å². The van der Waals surface area contributed by atoms with E-state index in [1.165, 1.54) is 0 Å². The first-order valence-corrected chi connectivity index (χ1v) is 7.38. The van der Waals surface area contributed by atoms with Crippen LogP contribution in [0.2, 0.25) is 0 Å². The molecule has 6 heteroatoms. The van der Waals surface area contributed by atoms with E-state index in [-0.39, 0.29) is 0 Å². The fourth-order valence-electron chi connectivity index (χ4n) is 1.58. The standard InChI is InChI=1S/C11H19N3O2S/c1-3-14(9-8-12)11-6-4-10(5-7-11)13-17(2,15)16/h4-7,13H,3,8-9,12H2,1-2H3. The van der Waals surface area contributed by atoms with Crippen molar-refractivity contribution in [2.24, 2.45) is 5.73 Å². The van der Waals surface area contributed by atoms with Gasteiger partial charge in [0.05, 0.1) is 6.26 Å². The van der Waals surface area contributed by atoms with Crippen molar-refractivity contribution >= 4 is 21.4 Å². The maximum atomic E-state index is 11.0. The molecule has 0 aliphatic carbocycles. The largest absolute Gasteiger partial charge is 0.371 e. The summed E-state index contributed by atoms with van der Waals surface area (Å²) in [5, 5.41) is 0. The highest BCUT2D eigenvalue weighted by molar-refractivity contribution is 7.92. The summed E-state index contributed by atoms with van der Waals surface area (Å²) in [5.74, 6) is 0. The van der Waals surface area contributed by atoms with E-state index in [0.29, 0.717) is 12.2 Å². The van der Waals surface area contributed by atoms with Gasteiger partial charge in [-0.15, -0.1) is 0 Å². The van der Waals surface area contributed by atoms with E-state index in [4.69, 9.17) is 5.73 Å². The topological polar surface area (TPSA) is 75.4 Å². The van der Waals surface area contributed by atoms with Crippen molar-refractivity contribution in [3.05, 3.63) is 24.3 Å². The predicted octanol–water partition coefficient (Wildman–Crippen LogP) is 0.843. The van der Waals surface area contributed by atoms with Crippen molar-refractivity contribution in [1.29, 1.82) is 0 Å². The molecule has 0 saturated heterocycles. The third kappa shape index (κ3) is 4.62. The van der Waals surface area contributed by atoms with E-state index >= 15 is 0 Å². The summed E-state index contributed by atoms with van der Waals surface area (Å²) in [6, 6.07) is 7.25. The molecular formula is C11H19N3O2S. The SMILES string of the molecule is CCN(CCN)c1ccc(NS(C)(=O)=O)cc1. The van der Waals surface area contributed by atoms with Crippen LogP contribution in [0.4, 0.5) is 11.4 Å². The van der Waals surface area contributed by atoms with E-state index in [1.807, 2.05) is 12.1 Å². The fraction of sp³-hybridized carbons (Fsp3) is 0.455. The van der Waals surface area contributed by atoms with Crippen LogP contribution in [0, 0.1) is 0 Å². The van der Waals surface area contributed by atoms with Crippen molar-refractivity contribution in [3.8, 4) is 0 Å². The van der Waals surface area contributed by atoms with Crippen molar-refractivity contribution in [2.75, 3.05) is 35.5 Å². The molecule has 0 radical (unpaired) electrons. The van der Waals surface area contributed by atoms with Gasteiger partial charge in [0.25, 0.3) is 0 Å². The Morgan fingerprint density at radius 2 is 1.88 bits per heavy atom. The monoisotopic (exact) mass is 257 g/mol. The smallest absolute Gasteiger partial charge is 0.229 e. The molecule has 0 atom stereocenters. The molecule has 5 nitrogen and oxygen atoms in total. The van der Waals surface area contributed by atoms with Crippen LogP contribution in [0.15, 0.2) is 24.3 Å². The Morgan fingerprint density at radius 1 is 1.29 bits per heavy atom. The molecule has 0 aliphatic heterocycles. The molecule has 1 aromatic carbocycles. The van der Waals surface area contributed by atoms with Crippen molar-refractivity contribution in [2.45, 2.75) is 6.92 Å². The summed E-state index contributed by atoms with van der Waals surface area (Å²) in [4.78, 5) is 2.13. The van der Waals surface area contributed by atoms with Gasteiger partial charge in [-0.05, 0) is 31.2 Å². The van der Waals surface area contributed by atoms with E-state index in [0.717, 1.165) is 25.0 Å². The van der Waals surface area contributed by atoms with E-state index in [1.54, 1.807) is 12.1 Å². The first kappa shape index (κ1) is 13.8. The van der Waals surface area contributed by atoms with Gasteiger partial charge in [-0.3, -0.25) is 4.72 Å². The summed E-state index contributed by atoms with van der Waals surface area (Å²) in [7, 11) is -3.21. The van der Waals surface area contributed by atoms with Gasteiger partial charge in [-0.2, -0.15) is 0 Å². The molecule has 0 saturated carbocycles. The van der Waals surface area contributed by atoms with Crippen molar-refractivity contribution in [1.82, 2.24) is 0 Å². The second-order valence-electron chi connectivity index (χ2n) is 3.79. The number of nitrogens with one attached hydrogen (secondary N) is 1. The minimum Gasteiger partial charge on any atom is -0.371 e. The Hall–Kier alpha value is -1.27. The van der Waals surface area contributed by atoms with Crippen LogP contribution in [0.5, 0.6) is 0 Å². The van der Waals surface area contributed by atoms with E-state index in [2.05, 4.69) is 16.5 Å². The minimum absolute atomic E-state index is 0.569. The average molecular weight is 257 g/mol. The molecule has 0 aromatic heterocycles. The number of rotatable bonds is 6. The van der Waals surface area contributed by atoms with Gasteiger partial charge in [0.2, 0.25) is 10.0 Å². The van der Waals surface area contributed by atoms with Crippen LogP contribution >= 0.6 is 0 Å². The summed E-state index contributed by atoms with van der Waals surface area (Å²) in [6.07, 6.45) is 1.13. The Kier molecular flexibility index (Phi) is 4.77. The number of anilines is 2. The normalized spacial score (nSPS) is 11.2. The molecular weight excluding hydrogens is 238 g/mol. The van der Waals surface area contributed by atoms with Gasteiger partial charge in [0.15, 0.2) is 0 Å². The van der Waals surface area contributed by atoms with Gasteiger partial charge in [0, 0.05) is 31.0 Å². The first-order valence-electron chi connectivity index (χ1n) is 5.49. The van der Waals surface area contributed by atoms with Crippen LogP contribution in [-0.4, -0.2) is 34.3 Å². The summed E-state index contributed by atoms with van der Waals surface area (Å²) < 4.78 is 24.5. The highest BCUT2D eigenvalue weighted by atomic mass is 32.2. The van der Waals surface area contributed by atoms with Crippen LogP contribution in [-0.2, 0) is 10.0 Å². The third-order valence-corrected chi connectivity index (χ3v) is 2.92. The molecule has 0 bridgehead atoms. The maximum absolute atomic E-state index is 11.0. The second-order valence-corrected chi connectivity index (χ2v) is 5.54. The van der Waals surface area contributed by atoms with E-state index < -0.39 is 10.0 Å². The third-order valence-electron chi connectivity index (χ3n) is 2.32. The lowest BCUT2D eigenvalue weighted by atomic mass is 10.2. The van der Waals surface area contributed by atoms with Crippen molar-refractivity contribution < 1.29 is 8.42 Å². The maximum Gasteiger partial charge on any atom is 0.229 e. The lowest BCUT2D eigenvalue weighted by Gasteiger charge is -2.22. The zero-order chi connectivity index (χ0) is 12.9. The summed E-state index contributed by atoms with van der Waals surface area (Å²) in [5.41, 5.74) is 7.13. The lowest BCUT2D eigenvalue weighted by molar-refractivity contribution is 0.607. The number of nitrogens with zero attached hydrogens (tertiary/aromatic N) is 1. The summed E-state index contributed by atoms with van der Waals surface area (Å²) in [6.45, 7) is 4.31. The Labute approximate surface area is 103 Å². The van der Waals surface area contributed by atoms with Crippen LogP contribution in [0.1, 0.15) is 6.92 Å². The van der Waals surface area contributed by atoms with Gasteiger partial charge in [0.1, 0.15) is 0 Å². The van der Waals surface area contributed by atoms with Crippen molar-refractivity contribution in [3.63, 3.8) is 0 Å².